The van der Waals surface area contributed by atoms with Crippen molar-refractivity contribution in [1.82, 2.24) is 25.9 Å². The molecule has 2 aromatic heterocycles. The van der Waals surface area contributed by atoms with Crippen molar-refractivity contribution in [1.29, 1.82) is 0 Å². The molecule has 3 heterocycles. The van der Waals surface area contributed by atoms with Crippen LogP contribution in [-0.4, -0.2) is 53.3 Å². The first-order valence-electron chi connectivity index (χ1n) is 14.5. The van der Waals surface area contributed by atoms with Gasteiger partial charge in [-0.15, -0.1) is 0 Å². The van der Waals surface area contributed by atoms with Crippen LogP contribution in [0.4, 0.5) is 24.7 Å². The van der Waals surface area contributed by atoms with Gasteiger partial charge in [0.2, 0.25) is 5.91 Å². The quantitative estimate of drug-likeness (QED) is 0.103. The molecule has 1 aliphatic heterocycles. The number of halogens is 5. The van der Waals surface area contributed by atoms with Crippen molar-refractivity contribution >= 4 is 40.6 Å². The van der Waals surface area contributed by atoms with Gasteiger partial charge < -0.3 is 31.1 Å². The van der Waals surface area contributed by atoms with E-state index in [1.807, 2.05) is 0 Å². The third-order valence-electron chi connectivity index (χ3n) is 7.35. The van der Waals surface area contributed by atoms with Crippen molar-refractivity contribution in [3.05, 3.63) is 87.9 Å². The van der Waals surface area contributed by atoms with Crippen LogP contribution < -0.4 is 26.0 Å². The molecule has 1 amide bonds. The summed E-state index contributed by atoms with van der Waals surface area (Å²) in [6.45, 7) is -1.88. The maximum atomic E-state index is 15.2. The predicted molar refractivity (Wildman–Crippen MR) is 171 cm³/mol. The third kappa shape index (κ3) is 8.06. The van der Waals surface area contributed by atoms with Gasteiger partial charge in [0.05, 0.1) is 28.0 Å². The molecule has 1 saturated heterocycles. The molecule has 9 nitrogen and oxygen atoms in total. The summed E-state index contributed by atoms with van der Waals surface area (Å²) in [5.74, 6) is -0.637. The molecule has 5 N–H and O–H groups in total. The van der Waals surface area contributed by atoms with E-state index in [4.69, 9.17) is 33.0 Å². The van der Waals surface area contributed by atoms with Crippen LogP contribution >= 0.6 is 23.2 Å². The Morgan fingerprint density at radius 2 is 1.78 bits per heavy atom. The molecule has 1 fully saturated rings. The standard InChI is InChI=1S/C32H31Cl2F3N6O3/c33-27-22(2-1-3-24(27)43-31-29(35)20(8-10-41-31)16-38-12-13-44)23-9-11-40-30(28(23)34)18-4-5-19(25(14-18)46-32(36)37)15-39-17-21-6-7-26(45)42-21/h1-5,8-11,14,21,32,38-39,44H,6-7,12-13,15-17H2,(H,41,43)(H,42,45)/t21-/m0/s1. The molecule has 1 aliphatic rings. The number of pyridine rings is 2. The van der Waals surface area contributed by atoms with Gasteiger partial charge in [-0.3, -0.25) is 9.78 Å². The monoisotopic (exact) mass is 674 g/mol. The maximum Gasteiger partial charge on any atom is 0.387 e. The van der Waals surface area contributed by atoms with E-state index in [0.29, 0.717) is 65.1 Å². The number of aliphatic hydroxyl groups is 1. The Hall–Kier alpha value is -3.94. The Kier molecular flexibility index (Phi) is 11.3. The third-order valence-corrected chi connectivity index (χ3v) is 8.14. The summed E-state index contributed by atoms with van der Waals surface area (Å²) in [6, 6.07) is 13.1. The van der Waals surface area contributed by atoms with E-state index >= 15 is 4.39 Å². The zero-order chi connectivity index (χ0) is 32.6. The first-order valence-corrected chi connectivity index (χ1v) is 15.2. The lowest BCUT2D eigenvalue weighted by Gasteiger charge is -2.17. The molecular weight excluding hydrogens is 644 g/mol. The summed E-state index contributed by atoms with van der Waals surface area (Å²) in [4.78, 5) is 20.0. The van der Waals surface area contributed by atoms with Crippen molar-refractivity contribution in [2.45, 2.75) is 38.6 Å². The Labute approximate surface area is 273 Å². The summed E-state index contributed by atoms with van der Waals surface area (Å²) in [5, 5.41) is 21.4. The number of aromatic nitrogens is 2. The molecule has 2 aromatic carbocycles. The molecule has 4 aromatic rings. The Balaban J connectivity index is 1.39. The van der Waals surface area contributed by atoms with Gasteiger partial charge in [-0.25, -0.2) is 9.37 Å². The Morgan fingerprint density at radius 1 is 1.00 bits per heavy atom. The number of anilines is 2. The van der Waals surface area contributed by atoms with Crippen LogP contribution in [-0.2, 0) is 17.9 Å². The van der Waals surface area contributed by atoms with Crippen LogP contribution in [0.15, 0.2) is 60.9 Å². The fraction of sp³-hybridized carbons (Fsp3) is 0.281. The molecule has 0 radical (unpaired) electrons. The molecule has 0 bridgehead atoms. The number of alkyl halides is 2. The zero-order valence-electron chi connectivity index (χ0n) is 24.4. The fourth-order valence-electron chi connectivity index (χ4n) is 5.09. The molecule has 1 atom stereocenters. The highest BCUT2D eigenvalue weighted by atomic mass is 35.5. The van der Waals surface area contributed by atoms with Crippen LogP contribution in [0.5, 0.6) is 5.75 Å². The highest BCUT2D eigenvalue weighted by Gasteiger charge is 2.21. The maximum absolute atomic E-state index is 15.2. The average molecular weight is 676 g/mol. The first-order chi connectivity index (χ1) is 22.2. The molecule has 242 valence electrons. The van der Waals surface area contributed by atoms with Gasteiger partial charge in [-0.05, 0) is 30.7 Å². The molecule has 5 rings (SSSR count). The smallest absolute Gasteiger partial charge is 0.387 e. The summed E-state index contributed by atoms with van der Waals surface area (Å²) in [7, 11) is 0. The normalized spacial score (nSPS) is 14.5. The van der Waals surface area contributed by atoms with Crippen molar-refractivity contribution in [2.24, 2.45) is 0 Å². The number of nitrogens with zero attached hydrogens (tertiary/aromatic N) is 2. The van der Waals surface area contributed by atoms with Crippen LogP contribution in [0.1, 0.15) is 24.0 Å². The molecule has 0 spiro atoms. The number of hydrogen-bond acceptors (Lipinski definition) is 8. The van der Waals surface area contributed by atoms with Crippen molar-refractivity contribution in [3.63, 3.8) is 0 Å². The number of aliphatic hydroxyl groups excluding tert-OH is 1. The van der Waals surface area contributed by atoms with Crippen LogP contribution in [0.25, 0.3) is 22.4 Å². The number of rotatable bonds is 14. The highest BCUT2D eigenvalue weighted by molar-refractivity contribution is 6.39. The molecule has 0 saturated carbocycles. The number of amides is 1. The minimum absolute atomic E-state index is 0.00604. The zero-order valence-corrected chi connectivity index (χ0v) is 25.9. The van der Waals surface area contributed by atoms with E-state index in [-0.39, 0.29) is 53.3 Å². The lowest BCUT2D eigenvalue weighted by atomic mass is 10.0. The number of ether oxygens (including phenoxy) is 1. The number of hydrogen-bond donors (Lipinski definition) is 5. The fourth-order valence-corrected chi connectivity index (χ4v) is 5.69. The Morgan fingerprint density at radius 3 is 2.54 bits per heavy atom. The minimum Gasteiger partial charge on any atom is -0.434 e. The van der Waals surface area contributed by atoms with E-state index < -0.39 is 12.4 Å². The first kappa shape index (κ1) is 33.4. The number of nitrogens with one attached hydrogen (secondary N) is 4. The topological polar surface area (TPSA) is 120 Å². The second-order valence-corrected chi connectivity index (χ2v) is 11.2. The second kappa shape index (κ2) is 15.6. The van der Waals surface area contributed by atoms with Gasteiger partial charge in [-0.2, -0.15) is 8.78 Å². The van der Waals surface area contributed by atoms with Gasteiger partial charge in [-0.1, -0.05) is 47.5 Å². The summed E-state index contributed by atoms with van der Waals surface area (Å²) in [5.41, 5.74) is 3.02. The minimum atomic E-state index is -3.05. The highest BCUT2D eigenvalue weighted by Crippen LogP contribution is 2.42. The van der Waals surface area contributed by atoms with E-state index in [1.165, 1.54) is 18.5 Å². The van der Waals surface area contributed by atoms with Gasteiger partial charge >= 0.3 is 6.61 Å². The van der Waals surface area contributed by atoms with Gasteiger partial charge in [0, 0.05) is 78.9 Å². The second-order valence-electron chi connectivity index (χ2n) is 10.5. The summed E-state index contributed by atoms with van der Waals surface area (Å²) < 4.78 is 46.8. The summed E-state index contributed by atoms with van der Waals surface area (Å²) in [6.07, 6.45) is 4.16. The van der Waals surface area contributed by atoms with Gasteiger partial charge in [0.15, 0.2) is 11.6 Å². The van der Waals surface area contributed by atoms with Crippen molar-refractivity contribution in [3.8, 4) is 28.1 Å². The van der Waals surface area contributed by atoms with E-state index in [2.05, 4.69) is 31.2 Å². The largest absolute Gasteiger partial charge is 0.434 e. The van der Waals surface area contributed by atoms with Gasteiger partial charge in [0.25, 0.3) is 0 Å². The number of carbonyl (C=O) groups is 1. The Bertz CT molecular complexity index is 1700. The molecular formula is C32H31Cl2F3N6O3. The molecule has 0 unspecified atom stereocenters. The van der Waals surface area contributed by atoms with E-state index in [1.54, 1.807) is 42.5 Å². The summed E-state index contributed by atoms with van der Waals surface area (Å²) >= 11 is 13.7. The van der Waals surface area contributed by atoms with E-state index in [0.717, 1.165) is 0 Å². The van der Waals surface area contributed by atoms with Crippen molar-refractivity contribution < 1.29 is 27.8 Å². The molecule has 14 heteroatoms. The van der Waals surface area contributed by atoms with Crippen LogP contribution in [0, 0.1) is 5.82 Å². The van der Waals surface area contributed by atoms with Crippen LogP contribution in [0.2, 0.25) is 10.0 Å². The molecule has 0 aliphatic carbocycles. The van der Waals surface area contributed by atoms with Crippen molar-refractivity contribution in [2.75, 3.05) is 25.0 Å². The number of carbonyl (C=O) groups excluding carboxylic acids is 1. The number of benzene rings is 2. The lowest BCUT2D eigenvalue weighted by molar-refractivity contribution is -0.119. The van der Waals surface area contributed by atoms with E-state index in [9.17, 15) is 13.6 Å². The predicted octanol–water partition coefficient (Wildman–Crippen LogP) is 6.05. The van der Waals surface area contributed by atoms with Crippen LogP contribution in [0.3, 0.4) is 0 Å². The molecule has 46 heavy (non-hydrogen) atoms. The lowest BCUT2D eigenvalue weighted by Crippen LogP contribution is -2.35. The average Bonchev–Trinajstić information content (AvgIpc) is 3.45. The SMILES string of the molecule is O=C1CC[C@@H](CNCc2ccc(-c3nccc(-c4cccc(Nc5nccc(CNCCO)c5F)c4Cl)c3Cl)cc2OC(F)F)N1. The van der Waals surface area contributed by atoms with Gasteiger partial charge in [0.1, 0.15) is 5.75 Å².